The number of thioether (sulfide) groups is 1. The molecule has 1 amide bonds. The summed E-state index contributed by atoms with van der Waals surface area (Å²) in [4.78, 5) is 11.8. The normalized spacial score (nSPS) is 11.7. The first-order chi connectivity index (χ1) is 9.43. The Bertz CT molecular complexity index is 461. The minimum atomic E-state index is -0.631. The third-order valence-corrected chi connectivity index (χ3v) is 3.18. The average Bonchev–Trinajstić information content (AvgIpc) is 2.38. The van der Waals surface area contributed by atoms with Crippen molar-refractivity contribution >= 4 is 35.8 Å². The quantitative estimate of drug-likeness (QED) is 0.803. The lowest BCUT2D eigenvalue weighted by Gasteiger charge is -2.14. The molecular formula is C14H22ClFN2O2S. The highest BCUT2D eigenvalue weighted by Crippen LogP contribution is 2.21. The maximum absolute atomic E-state index is 13.8. The highest BCUT2D eigenvalue weighted by molar-refractivity contribution is 7.98. The van der Waals surface area contributed by atoms with Crippen LogP contribution >= 0.6 is 24.2 Å². The zero-order valence-corrected chi connectivity index (χ0v) is 14.0. The van der Waals surface area contributed by atoms with Crippen LogP contribution in [0.15, 0.2) is 18.2 Å². The Morgan fingerprint density at radius 3 is 2.67 bits per heavy atom. The van der Waals surface area contributed by atoms with Crippen LogP contribution in [0.3, 0.4) is 0 Å². The predicted octanol–water partition coefficient (Wildman–Crippen LogP) is 3.05. The first-order valence-electron chi connectivity index (χ1n) is 6.45. The molecule has 0 spiro atoms. The summed E-state index contributed by atoms with van der Waals surface area (Å²) in [7, 11) is 0. The number of nitrogens with one attached hydrogen (secondary N) is 1. The van der Waals surface area contributed by atoms with E-state index in [1.807, 2.05) is 20.1 Å². The van der Waals surface area contributed by atoms with E-state index in [9.17, 15) is 9.18 Å². The number of nitrogens with two attached hydrogens (primary N) is 1. The molecule has 0 fully saturated rings. The number of rotatable bonds is 7. The first-order valence-corrected chi connectivity index (χ1v) is 7.85. The second kappa shape index (κ2) is 9.87. The molecule has 0 saturated carbocycles. The minimum absolute atomic E-state index is 0. The van der Waals surface area contributed by atoms with Crippen LogP contribution in [0.2, 0.25) is 0 Å². The molecule has 4 nitrogen and oxygen atoms in total. The summed E-state index contributed by atoms with van der Waals surface area (Å²) in [5.41, 5.74) is 5.84. The molecule has 120 valence electrons. The van der Waals surface area contributed by atoms with Crippen molar-refractivity contribution in [3.63, 3.8) is 0 Å². The van der Waals surface area contributed by atoms with Gasteiger partial charge >= 0.3 is 0 Å². The lowest BCUT2D eigenvalue weighted by molar-refractivity contribution is -0.117. The van der Waals surface area contributed by atoms with Crippen LogP contribution in [-0.4, -0.2) is 30.1 Å². The van der Waals surface area contributed by atoms with E-state index in [4.69, 9.17) is 10.5 Å². The summed E-state index contributed by atoms with van der Waals surface area (Å²) in [6.45, 7) is 3.72. The summed E-state index contributed by atoms with van der Waals surface area (Å²) in [6, 6.07) is 3.72. The van der Waals surface area contributed by atoms with E-state index in [1.54, 1.807) is 17.8 Å². The molecule has 0 aliphatic heterocycles. The topological polar surface area (TPSA) is 64.4 Å². The van der Waals surface area contributed by atoms with Gasteiger partial charge in [-0.1, -0.05) is 0 Å². The van der Waals surface area contributed by atoms with Gasteiger partial charge in [0, 0.05) is 6.07 Å². The average molecular weight is 337 g/mol. The molecule has 0 aliphatic carbocycles. The molecule has 0 saturated heterocycles. The van der Waals surface area contributed by atoms with Crippen molar-refractivity contribution in [2.45, 2.75) is 32.4 Å². The highest BCUT2D eigenvalue weighted by Gasteiger charge is 2.15. The number of hydrogen-bond donors (Lipinski definition) is 2. The lowest BCUT2D eigenvalue weighted by atomic mass is 10.2. The van der Waals surface area contributed by atoms with Gasteiger partial charge in [0.25, 0.3) is 0 Å². The van der Waals surface area contributed by atoms with Gasteiger partial charge in [-0.25, -0.2) is 4.39 Å². The Balaban J connectivity index is 0.00000400. The summed E-state index contributed by atoms with van der Waals surface area (Å²) in [5.74, 6) is 0.310. The number of amides is 1. The molecule has 21 heavy (non-hydrogen) atoms. The largest absolute Gasteiger partial charge is 0.491 e. The Hall–Kier alpha value is -0.980. The van der Waals surface area contributed by atoms with E-state index >= 15 is 0 Å². The molecule has 0 aromatic heterocycles. The van der Waals surface area contributed by atoms with Crippen LogP contribution < -0.4 is 15.8 Å². The van der Waals surface area contributed by atoms with Crippen molar-refractivity contribution in [3.8, 4) is 5.75 Å². The summed E-state index contributed by atoms with van der Waals surface area (Å²) < 4.78 is 19.2. The highest BCUT2D eigenvalue weighted by atomic mass is 35.5. The number of benzene rings is 1. The number of hydrogen-bond acceptors (Lipinski definition) is 4. The van der Waals surface area contributed by atoms with Gasteiger partial charge in [0.1, 0.15) is 11.6 Å². The zero-order chi connectivity index (χ0) is 15.1. The second-order valence-corrected chi connectivity index (χ2v) is 5.67. The fourth-order valence-corrected chi connectivity index (χ4v) is 2.03. The van der Waals surface area contributed by atoms with Crippen molar-refractivity contribution in [2.24, 2.45) is 5.73 Å². The predicted molar refractivity (Wildman–Crippen MR) is 89.0 cm³/mol. The molecule has 7 heteroatoms. The number of carbonyl (C=O) groups excluding carboxylic acids is 1. The standard InChI is InChI=1S/C14H21FN2O2S.ClH/c1-9(2)19-10-4-5-13(11(15)8-10)17-14(18)12(16)6-7-20-3;/h4-5,8-9,12H,6-7,16H2,1-3H3,(H,17,18);1H/t12-;/m0./s1. The number of halogens is 2. The Morgan fingerprint density at radius 2 is 2.14 bits per heavy atom. The fourth-order valence-electron chi connectivity index (χ4n) is 1.54. The molecule has 0 heterocycles. The van der Waals surface area contributed by atoms with Crippen molar-refractivity contribution in [1.82, 2.24) is 0 Å². The van der Waals surface area contributed by atoms with Gasteiger partial charge in [-0.3, -0.25) is 4.79 Å². The van der Waals surface area contributed by atoms with Gasteiger partial charge in [-0.15, -0.1) is 12.4 Å². The molecule has 0 unspecified atom stereocenters. The number of ether oxygens (including phenoxy) is 1. The van der Waals surface area contributed by atoms with E-state index in [1.165, 1.54) is 12.1 Å². The lowest BCUT2D eigenvalue weighted by Crippen LogP contribution is -2.36. The van der Waals surface area contributed by atoms with E-state index in [-0.39, 0.29) is 30.1 Å². The van der Waals surface area contributed by atoms with E-state index in [0.29, 0.717) is 12.2 Å². The summed E-state index contributed by atoms with van der Waals surface area (Å²) in [5, 5.41) is 2.50. The van der Waals surface area contributed by atoms with Gasteiger partial charge in [-0.05, 0) is 44.4 Å². The third-order valence-electron chi connectivity index (χ3n) is 2.54. The number of anilines is 1. The molecule has 0 bridgehead atoms. The third kappa shape index (κ3) is 7.02. The molecular weight excluding hydrogens is 315 g/mol. The second-order valence-electron chi connectivity index (χ2n) is 4.69. The maximum atomic E-state index is 13.8. The van der Waals surface area contributed by atoms with Crippen LogP contribution in [0.5, 0.6) is 5.75 Å². The SMILES string of the molecule is CSCC[C@H](N)C(=O)Nc1ccc(OC(C)C)cc1F.Cl. The molecule has 1 rings (SSSR count). The Labute approximate surface area is 135 Å². The van der Waals surface area contributed by atoms with E-state index in [2.05, 4.69) is 5.32 Å². The van der Waals surface area contributed by atoms with Crippen molar-refractivity contribution in [1.29, 1.82) is 0 Å². The first kappa shape index (κ1) is 20.0. The summed E-state index contributed by atoms with van der Waals surface area (Å²) >= 11 is 1.61. The van der Waals surface area contributed by atoms with Crippen LogP contribution in [-0.2, 0) is 4.79 Å². The van der Waals surface area contributed by atoms with Crippen molar-refractivity contribution in [3.05, 3.63) is 24.0 Å². The molecule has 1 aromatic carbocycles. The maximum Gasteiger partial charge on any atom is 0.241 e. The van der Waals surface area contributed by atoms with Gasteiger partial charge < -0.3 is 15.8 Å². The van der Waals surface area contributed by atoms with Gasteiger partial charge in [-0.2, -0.15) is 11.8 Å². The van der Waals surface area contributed by atoms with Crippen LogP contribution in [0.25, 0.3) is 0 Å². The van der Waals surface area contributed by atoms with Crippen molar-refractivity contribution < 1.29 is 13.9 Å². The van der Waals surface area contributed by atoms with Gasteiger partial charge in [0.2, 0.25) is 5.91 Å². The molecule has 1 atom stereocenters. The Morgan fingerprint density at radius 1 is 1.48 bits per heavy atom. The van der Waals surface area contributed by atoms with Crippen LogP contribution in [0.1, 0.15) is 20.3 Å². The molecule has 0 aliphatic rings. The molecule has 0 radical (unpaired) electrons. The number of carbonyl (C=O) groups is 1. The van der Waals surface area contributed by atoms with Gasteiger partial charge in [0.15, 0.2) is 0 Å². The fraction of sp³-hybridized carbons (Fsp3) is 0.500. The molecule has 3 N–H and O–H groups in total. The van der Waals surface area contributed by atoms with Crippen LogP contribution in [0, 0.1) is 5.82 Å². The minimum Gasteiger partial charge on any atom is -0.491 e. The van der Waals surface area contributed by atoms with Gasteiger partial charge in [0.05, 0.1) is 17.8 Å². The zero-order valence-electron chi connectivity index (χ0n) is 12.4. The van der Waals surface area contributed by atoms with Crippen molar-refractivity contribution in [2.75, 3.05) is 17.3 Å². The smallest absolute Gasteiger partial charge is 0.241 e. The van der Waals surface area contributed by atoms with E-state index < -0.39 is 11.9 Å². The van der Waals surface area contributed by atoms with E-state index in [0.717, 1.165) is 5.75 Å². The Kier molecular flexibility index (Phi) is 9.41. The van der Waals surface area contributed by atoms with Crippen LogP contribution in [0.4, 0.5) is 10.1 Å². The monoisotopic (exact) mass is 336 g/mol. The molecule has 1 aromatic rings. The summed E-state index contributed by atoms with van der Waals surface area (Å²) in [6.07, 6.45) is 2.47.